The topological polar surface area (TPSA) is 74.7 Å². The summed E-state index contributed by atoms with van der Waals surface area (Å²) >= 11 is 0. The summed E-state index contributed by atoms with van der Waals surface area (Å²) in [6.45, 7) is 1.29. The predicted octanol–water partition coefficient (Wildman–Crippen LogP) is 1.42. The molecule has 0 unspecified atom stereocenters. The molecule has 110 valence electrons. The third kappa shape index (κ3) is 2.92. The second kappa shape index (κ2) is 6.03. The first-order valence-corrected chi connectivity index (χ1v) is 8.14. The van der Waals surface area contributed by atoms with E-state index in [-0.39, 0.29) is 29.9 Å². The molecule has 0 amide bonds. The van der Waals surface area contributed by atoms with Gasteiger partial charge in [-0.05, 0) is 31.9 Å². The van der Waals surface area contributed by atoms with E-state index in [2.05, 4.69) is 0 Å². The van der Waals surface area contributed by atoms with Crippen LogP contribution in [0.1, 0.15) is 36.5 Å². The summed E-state index contributed by atoms with van der Waals surface area (Å²) in [6, 6.07) is 6.03. The van der Waals surface area contributed by atoms with Gasteiger partial charge < -0.3 is 5.11 Å². The molecule has 5 nitrogen and oxygen atoms in total. The van der Waals surface area contributed by atoms with Crippen LogP contribution in [-0.2, 0) is 10.0 Å². The molecule has 20 heavy (non-hydrogen) atoms. The van der Waals surface area contributed by atoms with Gasteiger partial charge in [-0.25, -0.2) is 8.42 Å². The maximum atomic E-state index is 12.6. The Balaban J connectivity index is 2.36. The normalized spacial score (nSPS) is 16.1. The number of sulfonamides is 1. The number of nitrogens with zero attached hydrogens (tertiary/aromatic N) is 1. The lowest BCUT2D eigenvalue weighted by Gasteiger charge is -2.36. The van der Waals surface area contributed by atoms with Gasteiger partial charge in [0.2, 0.25) is 10.0 Å². The lowest BCUT2D eigenvalue weighted by Crippen LogP contribution is -2.45. The third-order valence-corrected chi connectivity index (χ3v) is 5.60. The van der Waals surface area contributed by atoms with E-state index in [1.165, 1.54) is 23.4 Å². The number of ketones is 1. The quantitative estimate of drug-likeness (QED) is 0.806. The second-order valence-corrected chi connectivity index (χ2v) is 6.90. The zero-order valence-electron chi connectivity index (χ0n) is 11.4. The number of Topliss-reactive ketones (excluding diaryl/α,β-unsaturated/α-hetero) is 1. The largest absolute Gasteiger partial charge is 0.395 e. The molecule has 1 saturated carbocycles. The van der Waals surface area contributed by atoms with Crippen molar-refractivity contribution in [3.8, 4) is 0 Å². The van der Waals surface area contributed by atoms with Crippen LogP contribution in [0.4, 0.5) is 0 Å². The van der Waals surface area contributed by atoms with Crippen LogP contribution in [-0.4, -0.2) is 42.8 Å². The molecule has 0 heterocycles. The molecule has 1 N–H and O–H groups in total. The van der Waals surface area contributed by atoms with Crippen molar-refractivity contribution in [3.63, 3.8) is 0 Å². The van der Waals surface area contributed by atoms with Gasteiger partial charge in [-0.3, -0.25) is 4.79 Å². The Morgan fingerprint density at radius 2 is 2.10 bits per heavy atom. The molecular weight excluding hydrogens is 278 g/mol. The molecule has 2 rings (SSSR count). The van der Waals surface area contributed by atoms with Crippen LogP contribution >= 0.6 is 0 Å². The highest BCUT2D eigenvalue weighted by atomic mass is 32.2. The van der Waals surface area contributed by atoms with E-state index in [0.29, 0.717) is 5.56 Å². The SMILES string of the molecule is CC(=O)c1cccc(S(=O)(=O)N(CCO)C2CCC2)c1. The Morgan fingerprint density at radius 1 is 1.40 bits per heavy atom. The number of carbonyl (C=O) groups is 1. The first-order chi connectivity index (χ1) is 9.46. The van der Waals surface area contributed by atoms with Gasteiger partial charge in [0.15, 0.2) is 5.78 Å². The first-order valence-electron chi connectivity index (χ1n) is 6.70. The highest BCUT2D eigenvalue weighted by molar-refractivity contribution is 7.89. The van der Waals surface area contributed by atoms with Gasteiger partial charge in [0.1, 0.15) is 0 Å². The fourth-order valence-electron chi connectivity index (χ4n) is 2.28. The maximum absolute atomic E-state index is 12.6. The molecular formula is C14H19NO4S. The van der Waals surface area contributed by atoms with E-state index in [0.717, 1.165) is 19.3 Å². The molecule has 6 heteroatoms. The van der Waals surface area contributed by atoms with Crippen molar-refractivity contribution >= 4 is 15.8 Å². The first kappa shape index (κ1) is 15.2. The van der Waals surface area contributed by atoms with Crippen molar-refractivity contribution in [3.05, 3.63) is 29.8 Å². The molecule has 0 radical (unpaired) electrons. The van der Waals surface area contributed by atoms with Gasteiger partial charge in [-0.2, -0.15) is 4.31 Å². The number of carbonyl (C=O) groups excluding carboxylic acids is 1. The van der Waals surface area contributed by atoms with E-state index < -0.39 is 10.0 Å². The summed E-state index contributed by atoms with van der Waals surface area (Å²) in [4.78, 5) is 11.5. The van der Waals surface area contributed by atoms with E-state index in [4.69, 9.17) is 5.11 Å². The molecule has 1 fully saturated rings. The summed E-state index contributed by atoms with van der Waals surface area (Å²) in [5, 5.41) is 9.10. The fourth-order valence-corrected chi connectivity index (χ4v) is 4.01. The van der Waals surface area contributed by atoms with Gasteiger partial charge in [0.05, 0.1) is 11.5 Å². The van der Waals surface area contributed by atoms with Crippen LogP contribution in [0.2, 0.25) is 0 Å². The van der Waals surface area contributed by atoms with Crippen LogP contribution in [0.15, 0.2) is 29.2 Å². The van der Waals surface area contributed by atoms with Gasteiger partial charge >= 0.3 is 0 Å². The van der Waals surface area contributed by atoms with Crippen LogP contribution in [0.25, 0.3) is 0 Å². The summed E-state index contributed by atoms with van der Waals surface area (Å²) in [7, 11) is -3.66. The molecule has 1 aliphatic carbocycles. The summed E-state index contributed by atoms with van der Waals surface area (Å²) in [5.41, 5.74) is 0.378. The molecule has 0 bridgehead atoms. The summed E-state index contributed by atoms with van der Waals surface area (Å²) in [6.07, 6.45) is 2.66. The van der Waals surface area contributed by atoms with E-state index in [9.17, 15) is 13.2 Å². The van der Waals surface area contributed by atoms with Crippen molar-refractivity contribution in [2.75, 3.05) is 13.2 Å². The number of aliphatic hydroxyl groups is 1. The lowest BCUT2D eigenvalue weighted by atomic mass is 9.93. The van der Waals surface area contributed by atoms with Crippen molar-refractivity contribution in [1.29, 1.82) is 0 Å². The average Bonchev–Trinajstić information content (AvgIpc) is 2.36. The molecule has 0 aromatic heterocycles. The molecule has 0 atom stereocenters. The number of aliphatic hydroxyl groups excluding tert-OH is 1. The highest BCUT2D eigenvalue weighted by Crippen LogP contribution is 2.29. The van der Waals surface area contributed by atoms with Crippen LogP contribution in [0.5, 0.6) is 0 Å². The van der Waals surface area contributed by atoms with E-state index >= 15 is 0 Å². The fraction of sp³-hybridized carbons (Fsp3) is 0.500. The Hall–Kier alpha value is -1.24. The van der Waals surface area contributed by atoms with Gasteiger partial charge in [0.25, 0.3) is 0 Å². The van der Waals surface area contributed by atoms with Crippen LogP contribution < -0.4 is 0 Å². The zero-order valence-corrected chi connectivity index (χ0v) is 12.3. The van der Waals surface area contributed by atoms with Crippen LogP contribution in [0.3, 0.4) is 0 Å². The van der Waals surface area contributed by atoms with E-state index in [1.54, 1.807) is 12.1 Å². The average molecular weight is 297 g/mol. The monoisotopic (exact) mass is 297 g/mol. The van der Waals surface area contributed by atoms with Gasteiger partial charge in [-0.15, -0.1) is 0 Å². The van der Waals surface area contributed by atoms with Crippen LogP contribution in [0, 0.1) is 0 Å². The zero-order chi connectivity index (χ0) is 14.8. The van der Waals surface area contributed by atoms with Gasteiger partial charge in [-0.1, -0.05) is 18.6 Å². The minimum atomic E-state index is -3.66. The highest BCUT2D eigenvalue weighted by Gasteiger charge is 2.34. The molecule has 1 aromatic carbocycles. The number of hydrogen-bond donors (Lipinski definition) is 1. The number of benzene rings is 1. The number of rotatable bonds is 6. The van der Waals surface area contributed by atoms with Crippen molar-refractivity contribution in [2.24, 2.45) is 0 Å². The van der Waals surface area contributed by atoms with Crippen molar-refractivity contribution in [1.82, 2.24) is 4.31 Å². The van der Waals surface area contributed by atoms with Crippen molar-refractivity contribution in [2.45, 2.75) is 37.1 Å². The summed E-state index contributed by atoms with van der Waals surface area (Å²) in [5.74, 6) is -0.167. The minimum absolute atomic E-state index is 0.0341. The Bertz CT molecular complexity index is 593. The third-order valence-electron chi connectivity index (χ3n) is 3.65. The summed E-state index contributed by atoms with van der Waals surface area (Å²) < 4.78 is 26.6. The Kier molecular flexibility index (Phi) is 4.57. The minimum Gasteiger partial charge on any atom is -0.395 e. The standard InChI is InChI=1S/C14H19NO4S/c1-11(17)12-4-2-7-14(10-12)20(18,19)15(8-9-16)13-5-3-6-13/h2,4,7,10,13,16H,3,5-6,8-9H2,1H3. The smallest absolute Gasteiger partial charge is 0.243 e. The molecule has 0 aliphatic heterocycles. The maximum Gasteiger partial charge on any atom is 0.243 e. The van der Waals surface area contributed by atoms with E-state index in [1.807, 2.05) is 0 Å². The predicted molar refractivity (Wildman–Crippen MR) is 75.1 cm³/mol. The Morgan fingerprint density at radius 3 is 2.60 bits per heavy atom. The molecule has 1 aromatic rings. The lowest BCUT2D eigenvalue weighted by molar-refractivity contribution is 0.101. The Labute approximate surface area is 119 Å². The molecule has 1 aliphatic rings. The van der Waals surface area contributed by atoms with Crippen molar-refractivity contribution < 1.29 is 18.3 Å². The number of hydrogen-bond acceptors (Lipinski definition) is 4. The second-order valence-electron chi connectivity index (χ2n) is 5.01. The molecule has 0 spiro atoms. The van der Waals surface area contributed by atoms with Gasteiger partial charge in [0, 0.05) is 18.2 Å². The molecule has 0 saturated heterocycles.